The van der Waals surface area contributed by atoms with E-state index < -0.39 is 5.97 Å². The van der Waals surface area contributed by atoms with Crippen LogP contribution in [0.5, 0.6) is 11.6 Å². The van der Waals surface area contributed by atoms with Gasteiger partial charge in [-0.3, -0.25) is 9.36 Å². The molecule has 0 amide bonds. The van der Waals surface area contributed by atoms with Crippen LogP contribution in [-0.2, 0) is 6.54 Å². The summed E-state index contributed by atoms with van der Waals surface area (Å²) in [4.78, 5) is 37.2. The summed E-state index contributed by atoms with van der Waals surface area (Å²) in [6, 6.07) is 18.5. The Bertz CT molecular complexity index is 1660. The van der Waals surface area contributed by atoms with E-state index in [0.717, 1.165) is 5.56 Å². The number of ether oxygens (including phenoxy) is 1. The number of hydrogen-bond donors (Lipinski definition) is 2. The highest BCUT2D eigenvalue weighted by Crippen LogP contribution is 2.24. The van der Waals surface area contributed by atoms with Gasteiger partial charge in [0.2, 0.25) is 17.7 Å². The first-order valence-corrected chi connectivity index (χ1v) is 11.8. The summed E-state index contributed by atoms with van der Waals surface area (Å²) >= 11 is 6.02. The molecule has 0 saturated heterocycles. The monoisotopic (exact) mass is 529 g/mol. The zero-order valence-electron chi connectivity index (χ0n) is 20.0. The Labute approximate surface area is 221 Å². The Kier molecular flexibility index (Phi) is 6.88. The van der Waals surface area contributed by atoms with E-state index in [-0.39, 0.29) is 35.1 Å². The lowest BCUT2D eigenvalue weighted by Crippen LogP contribution is -2.26. The van der Waals surface area contributed by atoms with E-state index in [4.69, 9.17) is 25.9 Å². The molecular weight excluding hydrogens is 510 g/mol. The molecule has 0 aliphatic heterocycles. The summed E-state index contributed by atoms with van der Waals surface area (Å²) in [7, 11) is 0. The van der Waals surface area contributed by atoms with Crippen molar-refractivity contribution in [3.8, 4) is 23.1 Å². The van der Waals surface area contributed by atoms with Crippen molar-refractivity contribution < 1.29 is 19.1 Å². The summed E-state index contributed by atoms with van der Waals surface area (Å²) in [5.74, 6) is 0.544. The lowest BCUT2D eigenvalue weighted by molar-refractivity contribution is 0.0689. The summed E-state index contributed by atoms with van der Waals surface area (Å²) in [5.41, 5.74) is 1.28. The van der Waals surface area contributed by atoms with Crippen LogP contribution in [0.4, 0.5) is 11.6 Å². The maximum atomic E-state index is 13.5. The summed E-state index contributed by atoms with van der Waals surface area (Å²) in [6.45, 7) is 1.98. The van der Waals surface area contributed by atoms with Crippen molar-refractivity contribution in [1.29, 1.82) is 0 Å². The van der Waals surface area contributed by atoms with Crippen LogP contribution in [-0.4, -0.2) is 30.6 Å². The van der Waals surface area contributed by atoms with Gasteiger partial charge in [-0.2, -0.15) is 0 Å². The summed E-state index contributed by atoms with van der Waals surface area (Å²) in [6.07, 6.45) is 2.97. The number of carbonyl (C=O) groups is 1. The zero-order chi connectivity index (χ0) is 26.6. The number of hydrogen-bond acceptors (Lipinski definition) is 8. The number of pyridine rings is 1. The number of nitrogens with one attached hydrogen (secondary N) is 1. The van der Waals surface area contributed by atoms with Crippen molar-refractivity contribution in [2.75, 3.05) is 5.32 Å². The van der Waals surface area contributed by atoms with Crippen LogP contribution in [0.15, 0.2) is 88.3 Å². The van der Waals surface area contributed by atoms with Gasteiger partial charge in [0.05, 0.1) is 12.7 Å². The number of aryl methyl sites for hydroxylation is 1. The van der Waals surface area contributed by atoms with Crippen molar-refractivity contribution in [3.63, 3.8) is 0 Å². The molecule has 0 unspecified atom stereocenters. The molecule has 0 atom stereocenters. The SMILES string of the molecule is Cc1cnc(-c2cnc(Nc3ccc(Oc4cccc(C(=O)O)n4)cc3)n(Cc3ccc(Cl)cc3)c2=O)o1. The molecule has 0 fully saturated rings. The molecule has 5 rings (SSSR count). The predicted octanol–water partition coefficient (Wildman–Crippen LogP) is 5.54. The number of halogens is 1. The molecule has 0 aliphatic rings. The number of anilines is 2. The van der Waals surface area contributed by atoms with Crippen molar-refractivity contribution in [2.45, 2.75) is 13.5 Å². The third-order valence-corrected chi connectivity index (χ3v) is 5.68. The molecule has 10 nitrogen and oxygen atoms in total. The van der Waals surface area contributed by atoms with Gasteiger partial charge < -0.3 is 19.6 Å². The Morgan fingerprint density at radius 3 is 2.50 bits per heavy atom. The smallest absolute Gasteiger partial charge is 0.354 e. The van der Waals surface area contributed by atoms with Gasteiger partial charge in [-0.05, 0) is 55.0 Å². The van der Waals surface area contributed by atoms with Crippen LogP contribution in [0.2, 0.25) is 5.02 Å². The van der Waals surface area contributed by atoms with Gasteiger partial charge in [0, 0.05) is 23.0 Å². The predicted molar refractivity (Wildman–Crippen MR) is 140 cm³/mol. The first-order valence-electron chi connectivity index (χ1n) is 11.4. The van der Waals surface area contributed by atoms with Gasteiger partial charge in [0.25, 0.3) is 5.56 Å². The molecule has 0 spiro atoms. The molecule has 3 heterocycles. The number of aromatic nitrogens is 4. The molecule has 190 valence electrons. The van der Waals surface area contributed by atoms with Crippen molar-refractivity contribution >= 4 is 29.2 Å². The Hall–Kier alpha value is -4.96. The molecule has 3 aromatic heterocycles. The molecule has 11 heteroatoms. The number of aromatic carboxylic acids is 1. The Morgan fingerprint density at radius 2 is 1.82 bits per heavy atom. The van der Waals surface area contributed by atoms with Gasteiger partial charge in [0.15, 0.2) is 5.69 Å². The van der Waals surface area contributed by atoms with E-state index >= 15 is 0 Å². The molecule has 2 aromatic carbocycles. The standard InChI is InChI=1S/C27H20ClN5O5/c1-16-13-29-24(37-16)21-14-30-27(33(25(21)34)15-17-5-7-18(28)8-6-17)31-19-9-11-20(12-10-19)38-23-4-2-3-22(32-23)26(35)36/h2-14H,15H2,1H3,(H,30,31)(H,35,36). The van der Waals surface area contributed by atoms with E-state index in [2.05, 4.69) is 20.3 Å². The number of oxazole rings is 1. The number of carboxylic acids is 1. The second-order valence-electron chi connectivity index (χ2n) is 8.21. The molecular formula is C27H20ClN5O5. The number of carboxylic acid groups (broad SMARTS) is 1. The van der Waals surface area contributed by atoms with Crippen LogP contribution < -0.4 is 15.6 Å². The summed E-state index contributed by atoms with van der Waals surface area (Å²) in [5, 5.41) is 12.9. The van der Waals surface area contributed by atoms with Crippen molar-refractivity contribution in [2.24, 2.45) is 0 Å². The molecule has 0 bridgehead atoms. The average Bonchev–Trinajstić information content (AvgIpc) is 3.34. The van der Waals surface area contributed by atoms with E-state index in [1.54, 1.807) is 61.7 Å². The van der Waals surface area contributed by atoms with E-state index in [1.165, 1.54) is 16.8 Å². The van der Waals surface area contributed by atoms with Crippen LogP contribution in [0.1, 0.15) is 21.8 Å². The quantitative estimate of drug-likeness (QED) is 0.266. The fourth-order valence-electron chi connectivity index (χ4n) is 3.58. The van der Waals surface area contributed by atoms with E-state index in [0.29, 0.717) is 28.2 Å². The van der Waals surface area contributed by atoms with Crippen LogP contribution in [0.25, 0.3) is 11.5 Å². The maximum Gasteiger partial charge on any atom is 0.354 e. The van der Waals surface area contributed by atoms with Crippen LogP contribution in [0, 0.1) is 6.92 Å². The fourth-order valence-corrected chi connectivity index (χ4v) is 3.71. The summed E-state index contributed by atoms with van der Waals surface area (Å²) < 4.78 is 12.7. The third kappa shape index (κ3) is 5.55. The highest BCUT2D eigenvalue weighted by molar-refractivity contribution is 6.30. The third-order valence-electron chi connectivity index (χ3n) is 5.43. The molecule has 38 heavy (non-hydrogen) atoms. The van der Waals surface area contributed by atoms with Crippen LogP contribution >= 0.6 is 11.6 Å². The van der Waals surface area contributed by atoms with Gasteiger partial charge in [-0.25, -0.2) is 19.7 Å². The Balaban J connectivity index is 1.43. The van der Waals surface area contributed by atoms with Gasteiger partial charge in [-0.1, -0.05) is 29.8 Å². The number of benzene rings is 2. The number of rotatable bonds is 8. The van der Waals surface area contributed by atoms with Crippen molar-refractivity contribution in [3.05, 3.63) is 112 Å². The second kappa shape index (κ2) is 10.6. The topological polar surface area (TPSA) is 132 Å². The van der Waals surface area contributed by atoms with E-state index in [1.807, 2.05) is 12.1 Å². The highest BCUT2D eigenvalue weighted by atomic mass is 35.5. The van der Waals surface area contributed by atoms with E-state index in [9.17, 15) is 9.59 Å². The van der Waals surface area contributed by atoms with Crippen molar-refractivity contribution in [1.82, 2.24) is 19.5 Å². The first kappa shape index (κ1) is 24.7. The maximum absolute atomic E-state index is 13.5. The average molecular weight is 530 g/mol. The fraction of sp³-hybridized carbons (Fsp3) is 0.0741. The minimum atomic E-state index is -1.14. The highest BCUT2D eigenvalue weighted by Gasteiger charge is 2.16. The van der Waals surface area contributed by atoms with Crippen LogP contribution in [0.3, 0.4) is 0 Å². The minimum Gasteiger partial charge on any atom is -0.477 e. The van der Waals surface area contributed by atoms with Gasteiger partial charge in [0.1, 0.15) is 17.1 Å². The molecule has 2 N–H and O–H groups in total. The zero-order valence-corrected chi connectivity index (χ0v) is 20.7. The first-order chi connectivity index (χ1) is 18.4. The van der Waals surface area contributed by atoms with Gasteiger partial charge in [-0.15, -0.1) is 0 Å². The molecule has 0 radical (unpaired) electrons. The second-order valence-corrected chi connectivity index (χ2v) is 8.64. The molecule has 0 aliphatic carbocycles. The lowest BCUT2D eigenvalue weighted by Gasteiger charge is -2.15. The number of nitrogens with zero attached hydrogens (tertiary/aromatic N) is 4. The molecule has 0 saturated carbocycles. The Morgan fingerprint density at radius 1 is 1.05 bits per heavy atom. The van der Waals surface area contributed by atoms with Gasteiger partial charge >= 0.3 is 5.97 Å². The normalized spacial score (nSPS) is 10.8. The minimum absolute atomic E-state index is 0.117. The largest absolute Gasteiger partial charge is 0.477 e. The molecule has 5 aromatic rings. The lowest BCUT2D eigenvalue weighted by atomic mass is 10.2.